The first-order chi connectivity index (χ1) is 10.3. The van der Waals surface area contributed by atoms with Crippen molar-refractivity contribution in [2.24, 2.45) is 10.4 Å². The van der Waals surface area contributed by atoms with E-state index in [4.69, 9.17) is 4.74 Å². The summed E-state index contributed by atoms with van der Waals surface area (Å²) in [5, 5.41) is 3.32. The van der Waals surface area contributed by atoms with Crippen molar-refractivity contribution in [1.82, 2.24) is 10.2 Å². The van der Waals surface area contributed by atoms with Crippen molar-refractivity contribution in [2.75, 3.05) is 27.7 Å². The molecule has 0 aromatic heterocycles. The van der Waals surface area contributed by atoms with Crippen LogP contribution in [0.2, 0.25) is 0 Å². The monoisotopic (exact) mass is 437 g/mol. The van der Waals surface area contributed by atoms with Crippen molar-refractivity contribution in [1.29, 1.82) is 0 Å². The number of rotatable bonds is 5. The summed E-state index contributed by atoms with van der Waals surface area (Å²) in [6.45, 7) is 7.68. The van der Waals surface area contributed by atoms with E-state index in [1.54, 1.807) is 20.2 Å². The SMILES string of the molecule is CN=C(NCC(OC)C(C)(C)C)N(C)Cc1cccc(F)c1.I. The van der Waals surface area contributed by atoms with Crippen molar-refractivity contribution in [3.05, 3.63) is 35.6 Å². The third-order valence-corrected chi connectivity index (χ3v) is 3.58. The fraction of sp³-hybridized carbons (Fsp3) is 0.588. The van der Waals surface area contributed by atoms with Crippen LogP contribution >= 0.6 is 24.0 Å². The molecule has 1 unspecified atom stereocenters. The van der Waals surface area contributed by atoms with Gasteiger partial charge in [-0.1, -0.05) is 32.9 Å². The van der Waals surface area contributed by atoms with Crippen LogP contribution in [0.4, 0.5) is 4.39 Å². The van der Waals surface area contributed by atoms with Gasteiger partial charge < -0.3 is 15.0 Å². The number of aliphatic imine (C=N–C) groups is 1. The van der Waals surface area contributed by atoms with Crippen molar-refractivity contribution in [3.63, 3.8) is 0 Å². The van der Waals surface area contributed by atoms with Crippen LogP contribution in [0.15, 0.2) is 29.3 Å². The molecule has 0 amide bonds. The van der Waals surface area contributed by atoms with Crippen LogP contribution < -0.4 is 5.32 Å². The third kappa shape index (κ3) is 7.48. The Labute approximate surface area is 156 Å². The molecule has 132 valence electrons. The van der Waals surface area contributed by atoms with Crippen LogP contribution in [0.1, 0.15) is 26.3 Å². The first-order valence-corrected chi connectivity index (χ1v) is 7.47. The van der Waals surface area contributed by atoms with Gasteiger partial charge in [0.05, 0.1) is 6.10 Å². The van der Waals surface area contributed by atoms with E-state index in [2.05, 4.69) is 31.1 Å². The topological polar surface area (TPSA) is 36.9 Å². The summed E-state index contributed by atoms with van der Waals surface area (Å²) in [5.41, 5.74) is 0.950. The molecule has 0 spiro atoms. The van der Waals surface area contributed by atoms with Crippen molar-refractivity contribution in [2.45, 2.75) is 33.4 Å². The Morgan fingerprint density at radius 2 is 2.04 bits per heavy atom. The molecular formula is C17H29FIN3O. The van der Waals surface area contributed by atoms with Gasteiger partial charge in [-0.05, 0) is 23.1 Å². The summed E-state index contributed by atoms with van der Waals surface area (Å²) >= 11 is 0. The zero-order valence-corrected chi connectivity index (χ0v) is 17.2. The van der Waals surface area contributed by atoms with Gasteiger partial charge in [0.15, 0.2) is 5.96 Å². The molecular weight excluding hydrogens is 408 g/mol. The van der Waals surface area contributed by atoms with Crippen LogP contribution in [0.3, 0.4) is 0 Å². The summed E-state index contributed by atoms with van der Waals surface area (Å²) in [6.07, 6.45) is 0.0758. The molecule has 0 saturated carbocycles. The highest BCUT2D eigenvalue weighted by atomic mass is 127. The Kier molecular flexibility index (Phi) is 9.68. The van der Waals surface area contributed by atoms with E-state index in [1.807, 2.05) is 18.0 Å². The molecule has 1 atom stereocenters. The quantitative estimate of drug-likeness (QED) is 0.435. The lowest BCUT2D eigenvalue weighted by molar-refractivity contribution is 0.0202. The number of methoxy groups -OCH3 is 1. The molecule has 0 fully saturated rings. The molecule has 0 heterocycles. The Hall–Kier alpha value is -0.890. The van der Waals surface area contributed by atoms with Crippen LogP contribution in [0, 0.1) is 11.2 Å². The second-order valence-electron chi connectivity index (χ2n) is 6.50. The van der Waals surface area contributed by atoms with E-state index >= 15 is 0 Å². The third-order valence-electron chi connectivity index (χ3n) is 3.58. The lowest BCUT2D eigenvalue weighted by Gasteiger charge is -2.31. The van der Waals surface area contributed by atoms with Gasteiger partial charge in [-0.3, -0.25) is 4.99 Å². The number of nitrogens with one attached hydrogen (secondary N) is 1. The van der Waals surface area contributed by atoms with E-state index in [9.17, 15) is 4.39 Å². The molecule has 0 aliphatic carbocycles. The van der Waals surface area contributed by atoms with E-state index in [1.165, 1.54) is 12.1 Å². The van der Waals surface area contributed by atoms with Gasteiger partial charge in [0.2, 0.25) is 0 Å². The molecule has 1 N–H and O–H groups in total. The Bertz CT molecular complexity index is 503. The predicted octanol–water partition coefficient (Wildman–Crippen LogP) is 3.51. The zero-order chi connectivity index (χ0) is 16.8. The van der Waals surface area contributed by atoms with Crippen LogP contribution in [0.5, 0.6) is 0 Å². The number of nitrogens with zero attached hydrogens (tertiary/aromatic N) is 2. The fourth-order valence-electron chi connectivity index (χ4n) is 2.30. The van der Waals surface area contributed by atoms with Crippen LogP contribution in [0.25, 0.3) is 0 Å². The highest BCUT2D eigenvalue weighted by Gasteiger charge is 2.24. The van der Waals surface area contributed by atoms with E-state index in [0.717, 1.165) is 11.5 Å². The molecule has 0 radical (unpaired) electrons. The Morgan fingerprint density at radius 3 is 2.52 bits per heavy atom. The maximum absolute atomic E-state index is 13.3. The maximum Gasteiger partial charge on any atom is 0.193 e. The van der Waals surface area contributed by atoms with Crippen LogP contribution in [-0.4, -0.2) is 44.7 Å². The molecule has 4 nitrogen and oxygen atoms in total. The van der Waals surface area contributed by atoms with Gasteiger partial charge in [0, 0.05) is 34.3 Å². The van der Waals surface area contributed by atoms with E-state index in [0.29, 0.717) is 13.1 Å². The molecule has 0 saturated heterocycles. The fourth-order valence-corrected chi connectivity index (χ4v) is 2.30. The van der Waals surface area contributed by atoms with Gasteiger partial charge in [-0.25, -0.2) is 4.39 Å². The lowest BCUT2D eigenvalue weighted by Crippen LogP contribution is -2.45. The standard InChI is InChI=1S/C17H28FN3O.HI/c1-17(2,3)15(22-6)11-20-16(19-4)21(5)12-13-8-7-9-14(18)10-13;/h7-10,15H,11-12H2,1-6H3,(H,19,20);1H. The van der Waals surface area contributed by atoms with Gasteiger partial charge in [0.1, 0.15) is 5.82 Å². The first-order valence-electron chi connectivity index (χ1n) is 7.47. The molecule has 1 aromatic carbocycles. The maximum atomic E-state index is 13.3. The second-order valence-corrected chi connectivity index (χ2v) is 6.50. The first kappa shape index (κ1) is 22.1. The molecule has 0 aliphatic rings. The summed E-state index contributed by atoms with van der Waals surface area (Å²) in [7, 11) is 5.39. The van der Waals surface area contributed by atoms with Crippen molar-refractivity contribution in [3.8, 4) is 0 Å². The van der Waals surface area contributed by atoms with Gasteiger partial charge in [-0.2, -0.15) is 0 Å². The number of benzene rings is 1. The lowest BCUT2D eigenvalue weighted by atomic mass is 9.89. The minimum absolute atomic E-state index is 0. The molecule has 23 heavy (non-hydrogen) atoms. The smallest absolute Gasteiger partial charge is 0.193 e. The summed E-state index contributed by atoms with van der Waals surface area (Å²) in [5.74, 6) is 0.539. The highest BCUT2D eigenvalue weighted by Crippen LogP contribution is 2.21. The minimum atomic E-state index is -0.221. The van der Waals surface area contributed by atoms with Crippen LogP contribution in [-0.2, 0) is 11.3 Å². The van der Waals surface area contributed by atoms with E-state index < -0.39 is 0 Å². The largest absolute Gasteiger partial charge is 0.379 e. The number of halogens is 2. The zero-order valence-electron chi connectivity index (χ0n) is 14.9. The molecule has 1 aromatic rings. The second kappa shape index (κ2) is 10.1. The van der Waals surface area contributed by atoms with Gasteiger partial charge >= 0.3 is 0 Å². The number of hydrogen-bond acceptors (Lipinski definition) is 2. The summed E-state index contributed by atoms with van der Waals surface area (Å²) in [4.78, 5) is 6.24. The Balaban J connectivity index is 0.00000484. The summed E-state index contributed by atoms with van der Waals surface area (Å²) in [6, 6.07) is 6.61. The number of ether oxygens (including phenoxy) is 1. The summed E-state index contributed by atoms with van der Waals surface area (Å²) < 4.78 is 18.8. The van der Waals surface area contributed by atoms with Crippen molar-refractivity contribution < 1.29 is 9.13 Å². The molecule has 0 bridgehead atoms. The molecule has 1 rings (SSSR count). The van der Waals surface area contributed by atoms with Crippen molar-refractivity contribution >= 4 is 29.9 Å². The number of hydrogen-bond donors (Lipinski definition) is 1. The molecule has 6 heteroatoms. The van der Waals surface area contributed by atoms with Gasteiger partial charge in [-0.15, -0.1) is 24.0 Å². The minimum Gasteiger partial charge on any atom is -0.379 e. The average molecular weight is 437 g/mol. The van der Waals surface area contributed by atoms with E-state index in [-0.39, 0.29) is 41.3 Å². The Morgan fingerprint density at radius 1 is 1.39 bits per heavy atom. The van der Waals surface area contributed by atoms with Gasteiger partial charge in [0.25, 0.3) is 0 Å². The predicted molar refractivity (Wildman–Crippen MR) is 105 cm³/mol. The number of guanidine groups is 1. The highest BCUT2D eigenvalue weighted by molar-refractivity contribution is 14.0. The average Bonchev–Trinajstić information content (AvgIpc) is 2.42. The molecule has 0 aliphatic heterocycles. The normalized spacial score (nSPS) is 13.3.